The lowest BCUT2D eigenvalue weighted by Crippen LogP contribution is -2.32. The largest absolute Gasteiger partial charge is 0.494 e. The molecule has 3 rings (SSSR count). The number of rotatable bonds is 4. The molecule has 28 heavy (non-hydrogen) atoms. The van der Waals surface area contributed by atoms with E-state index >= 15 is 0 Å². The third kappa shape index (κ3) is 3.98. The highest BCUT2D eigenvalue weighted by molar-refractivity contribution is 7.71. The first-order chi connectivity index (χ1) is 13.1. The molecule has 1 saturated heterocycles. The maximum atomic E-state index is 12.4. The summed E-state index contributed by atoms with van der Waals surface area (Å²) < 4.78 is 12.5. The Morgan fingerprint density at radius 2 is 2.04 bits per heavy atom. The molecule has 1 aromatic heterocycles. The molecule has 0 spiro atoms. The molecule has 2 heterocycles. The Hall–Kier alpha value is -2.17. The van der Waals surface area contributed by atoms with Gasteiger partial charge < -0.3 is 24.8 Å². The van der Waals surface area contributed by atoms with Crippen molar-refractivity contribution in [2.75, 3.05) is 6.61 Å². The Morgan fingerprint density at radius 3 is 2.64 bits per heavy atom. The van der Waals surface area contributed by atoms with Gasteiger partial charge in [-0.2, -0.15) is 0 Å². The van der Waals surface area contributed by atoms with Crippen LogP contribution in [-0.2, 0) is 9.47 Å². The van der Waals surface area contributed by atoms with Crippen molar-refractivity contribution in [2.45, 2.75) is 31.8 Å². The van der Waals surface area contributed by atoms with Crippen LogP contribution < -0.4 is 5.56 Å². The SMILES string of the molecule is CC1(C)OC(=Cc2c(O)n(-c3ccc(Cl)cc3)c(=S)[nH]c2=O)[C@@H](C(O)CO)O1. The van der Waals surface area contributed by atoms with Crippen LogP contribution in [0.25, 0.3) is 11.8 Å². The van der Waals surface area contributed by atoms with Gasteiger partial charge in [-0.15, -0.1) is 0 Å². The third-order valence-electron chi connectivity index (χ3n) is 4.08. The number of nitrogens with zero attached hydrogens (tertiary/aromatic N) is 1. The second kappa shape index (κ2) is 7.69. The normalized spacial score (nSPS) is 20.9. The van der Waals surface area contributed by atoms with Crippen molar-refractivity contribution in [3.05, 3.63) is 55.7 Å². The molecular weight excluding hydrogens is 408 g/mol. The zero-order valence-corrected chi connectivity index (χ0v) is 16.6. The van der Waals surface area contributed by atoms with Crippen molar-refractivity contribution in [2.24, 2.45) is 0 Å². The van der Waals surface area contributed by atoms with E-state index in [2.05, 4.69) is 4.98 Å². The highest BCUT2D eigenvalue weighted by Gasteiger charge is 2.41. The van der Waals surface area contributed by atoms with Gasteiger partial charge in [0.2, 0.25) is 11.7 Å². The molecule has 0 amide bonds. The molecular formula is C18H19ClN2O6S. The number of hydrogen-bond acceptors (Lipinski definition) is 7. The van der Waals surface area contributed by atoms with Gasteiger partial charge >= 0.3 is 0 Å². The number of aliphatic hydroxyl groups excluding tert-OH is 2. The minimum atomic E-state index is -1.27. The Bertz CT molecular complexity index is 1030. The first-order valence-corrected chi connectivity index (χ1v) is 9.13. The van der Waals surface area contributed by atoms with E-state index in [1.807, 2.05) is 0 Å². The van der Waals surface area contributed by atoms with Crippen LogP contribution in [-0.4, -0.2) is 49.5 Å². The average molecular weight is 427 g/mol. The predicted molar refractivity (Wildman–Crippen MR) is 105 cm³/mol. The van der Waals surface area contributed by atoms with Crippen LogP contribution in [0.15, 0.2) is 34.8 Å². The summed E-state index contributed by atoms with van der Waals surface area (Å²) in [6.45, 7) is 2.67. The van der Waals surface area contributed by atoms with Gasteiger partial charge in [-0.05, 0) is 42.6 Å². The van der Waals surface area contributed by atoms with Crippen molar-refractivity contribution in [1.29, 1.82) is 0 Å². The van der Waals surface area contributed by atoms with Crippen LogP contribution in [0, 0.1) is 4.77 Å². The maximum absolute atomic E-state index is 12.4. The minimum absolute atomic E-state index is 0.0113. The second-order valence-corrected chi connectivity index (χ2v) is 7.47. The van der Waals surface area contributed by atoms with E-state index in [0.29, 0.717) is 10.7 Å². The first-order valence-electron chi connectivity index (χ1n) is 8.34. The van der Waals surface area contributed by atoms with Crippen LogP contribution in [0.2, 0.25) is 5.02 Å². The van der Waals surface area contributed by atoms with E-state index < -0.39 is 36.0 Å². The van der Waals surface area contributed by atoms with E-state index in [1.165, 1.54) is 10.6 Å². The summed E-state index contributed by atoms with van der Waals surface area (Å²) in [7, 11) is 0. The van der Waals surface area contributed by atoms with Gasteiger partial charge in [0.05, 0.1) is 12.3 Å². The van der Waals surface area contributed by atoms with Crippen molar-refractivity contribution < 1.29 is 24.8 Å². The molecule has 8 nitrogen and oxygen atoms in total. The monoisotopic (exact) mass is 426 g/mol. The molecule has 0 bridgehead atoms. The van der Waals surface area contributed by atoms with Crippen LogP contribution in [0.1, 0.15) is 19.4 Å². The van der Waals surface area contributed by atoms with Gasteiger partial charge in [-0.25, -0.2) is 0 Å². The number of aromatic amines is 1. The lowest BCUT2D eigenvalue weighted by atomic mass is 10.1. The fraction of sp³-hybridized carbons (Fsp3) is 0.333. The van der Waals surface area contributed by atoms with E-state index in [-0.39, 0.29) is 16.1 Å². The lowest BCUT2D eigenvalue weighted by Gasteiger charge is -2.17. The molecule has 1 aliphatic rings. The summed E-state index contributed by atoms with van der Waals surface area (Å²) in [6, 6.07) is 6.49. The van der Waals surface area contributed by atoms with Gasteiger partial charge in [0, 0.05) is 18.9 Å². The van der Waals surface area contributed by atoms with E-state index in [4.69, 9.17) is 33.3 Å². The van der Waals surface area contributed by atoms with Gasteiger partial charge in [0.1, 0.15) is 23.5 Å². The molecule has 0 saturated carbocycles. The predicted octanol–water partition coefficient (Wildman–Crippen LogP) is 2.10. The number of aliphatic hydroxyl groups is 2. The number of hydrogen-bond donors (Lipinski definition) is 4. The minimum Gasteiger partial charge on any atom is -0.494 e. The van der Waals surface area contributed by atoms with Crippen molar-refractivity contribution in [1.82, 2.24) is 9.55 Å². The number of ether oxygens (including phenoxy) is 2. The van der Waals surface area contributed by atoms with E-state index in [1.54, 1.807) is 38.1 Å². The number of nitrogens with one attached hydrogen (secondary N) is 1. The standard InChI is InChI=1S/C18H19ClN2O6S/c1-18(2)26-13(14(27-18)12(23)8-22)7-11-15(24)20-17(28)21(16(11)25)10-5-3-9(19)4-6-10/h3-7,12,14,22-23,25H,8H2,1-2H3,(H,20,24,28)/t12?,14-/m1/s1. The quantitative estimate of drug-likeness (QED) is 0.553. The molecule has 2 atom stereocenters. The zero-order chi connectivity index (χ0) is 20.6. The van der Waals surface area contributed by atoms with Crippen LogP contribution >= 0.6 is 23.8 Å². The van der Waals surface area contributed by atoms with Crippen molar-refractivity contribution in [3.8, 4) is 11.6 Å². The molecule has 1 unspecified atom stereocenters. The van der Waals surface area contributed by atoms with Gasteiger partial charge in [0.15, 0.2) is 4.77 Å². The van der Waals surface area contributed by atoms with Crippen LogP contribution in [0.5, 0.6) is 5.88 Å². The summed E-state index contributed by atoms with van der Waals surface area (Å²) >= 11 is 11.1. The molecule has 1 aliphatic heterocycles. The Kier molecular flexibility index (Phi) is 5.64. The first kappa shape index (κ1) is 20.6. The van der Waals surface area contributed by atoms with E-state index in [0.717, 1.165) is 0 Å². The zero-order valence-electron chi connectivity index (χ0n) is 15.0. The smallest absolute Gasteiger partial charge is 0.262 e. The average Bonchev–Trinajstić information content (AvgIpc) is 2.94. The fourth-order valence-electron chi connectivity index (χ4n) is 2.85. The lowest BCUT2D eigenvalue weighted by molar-refractivity contribution is -0.151. The number of aromatic hydroxyl groups is 1. The number of halogens is 1. The highest BCUT2D eigenvalue weighted by Crippen LogP contribution is 2.34. The van der Waals surface area contributed by atoms with Gasteiger partial charge in [-0.1, -0.05) is 11.6 Å². The van der Waals surface area contributed by atoms with Gasteiger partial charge in [-0.3, -0.25) is 14.3 Å². The number of benzene rings is 1. The second-order valence-electron chi connectivity index (χ2n) is 6.65. The topological polar surface area (TPSA) is 117 Å². The molecule has 0 aliphatic carbocycles. The molecule has 10 heteroatoms. The van der Waals surface area contributed by atoms with Crippen LogP contribution in [0.4, 0.5) is 0 Å². The van der Waals surface area contributed by atoms with Crippen LogP contribution in [0.3, 0.4) is 0 Å². The Morgan fingerprint density at radius 1 is 1.39 bits per heavy atom. The van der Waals surface area contributed by atoms with Crippen molar-refractivity contribution >= 4 is 29.9 Å². The summed E-state index contributed by atoms with van der Waals surface area (Å²) in [5.74, 6) is -1.42. The Labute approximate surface area is 170 Å². The summed E-state index contributed by atoms with van der Waals surface area (Å²) in [6.07, 6.45) is -1.02. The Balaban J connectivity index is 2.16. The summed E-state index contributed by atoms with van der Waals surface area (Å²) in [5, 5.41) is 30.5. The van der Waals surface area contributed by atoms with E-state index in [9.17, 15) is 20.1 Å². The third-order valence-corrected chi connectivity index (χ3v) is 4.62. The molecule has 1 fully saturated rings. The highest BCUT2D eigenvalue weighted by atomic mass is 35.5. The summed E-state index contributed by atoms with van der Waals surface area (Å²) in [4.78, 5) is 14.9. The molecule has 2 aromatic rings. The molecule has 150 valence electrons. The molecule has 4 N–H and O–H groups in total. The van der Waals surface area contributed by atoms with Gasteiger partial charge in [0.25, 0.3) is 5.56 Å². The maximum Gasteiger partial charge on any atom is 0.262 e. The molecule has 0 radical (unpaired) electrons. The number of aromatic nitrogens is 2. The fourth-order valence-corrected chi connectivity index (χ4v) is 3.26. The molecule has 1 aromatic carbocycles. The number of H-pyrrole nitrogens is 1. The van der Waals surface area contributed by atoms with Crippen molar-refractivity contribution in [3.63, 3.8) is 0 Å². The summed E-state index contributed by atoms with van der Waals surface area (Å²) in [5.41, 5.74) is -0.306.